The average Bonchev–Trinajstić information content (AvgIpc) is 2.34. The molecular weight excluding hydrogens is 262 g/mol. The van der Waals surface area contributed by atoms with E-state index in [1.54, 1.807) is 0 Å². The van der Waals surface area contributed by atoms with Crippen molar-refractivity contribution in [3.63, 3.8) is 0 Å². The van der Waals surface area contributed by atoms with Gasteiger partial charge in [-0.05, 0) is 38.8 Å². The SMILES string of the molecule is COC(=O)[C@H](NS(=O)C(C)(C)C)c1ccccc1C. The molecule has 0 heterocycles. The zero-order chi connectivity index (χ0) is 14.6. The molecule has 1 unspecified atom stereocenters. The lowest BCUT2D eigenvalue weighted by Crippen LogP contribution is -2.39. The molecule has 19 heavy (non-hydrogen) atoms. The fourth-order valence-electron chi connectivity index (χ4n) is 1.55. The van der Waals surface area contributed by atoms with Crippen molar-refractivity contribution in [3.05, 3.63) is 35.4 Å². The second-order valence-corrected chi connectivity index (χ2v) is 7.31. The van der Waals surface area contributed by atoms with E-state index < -0.39 is 27.7 Å². The van der Waals surface area contributed by atoms with Crippen LogP contribution in [0.5, 0.6) is 0 Å². The summed E-state index contributed by atoms with van der Waals surface area (Å²) >= 11 is 0. The predicted molar refractivity (Wildman–Crippen MR) is 77.0 cm³/mol. The standard InChI is InChI=1S/C14H21NO3S/c1-10-8-6-7-9-11(10)12(13(16)18-5)15-19(17)14(2,3)4/h6-9,12,15H,1-5H3/t12-,19?/m1/s1. The van der Waals surface area contributed by atoms with Crippen LogP contribution in [0.15, 0.2) is 24.3 Å². The van der Waals surface area contributed by atoms with Gasteiger partial charge in [0.1, 0.15) is 6.04 Å². The number of rotatable bonds is 4. The highest BCUT2D eigenvalue weighted by molar-refractivity contribution is 7.84. The summed E-state index contributed by atoms with van der Waals surface area (Å²) in [5.74, 6) is -0.438. The third-order valence-corrected chi connectivity index (χ3v) is 4.28. The van der Waals surface area contributed by atoms with Gasteiger partial charge in [0.25, 0.3) is 0 Å². The van der Waals surface area contributed by atoms with Gasteiger partial charge in [-0.2, -0.15) is 0 Å². The van der Waals surface area contributed by atoms with Crippen molar-refractivity contribution in [1.29, 1.82) is 0 Å². The van der Waals surface area contributed by atoms with Gasteiger partial charge in [0.05, 0.1) is 22.8 Å². The third-order valence-electron chi connectivity index (χ3n) is 2.72. The third kappa shape index (κ3) is 4.14. The van der Waals surface area contributed by atoms with E-state index in [4.69, 9.17) is 4.74 Å². The fraction of sp³-hybridized carbons (Fsp3) is 0.500. The van der Waals surface area contributed by atoms with Crippen molar-refractivity contribution >= 4 is 17.0 Å². The van der Waals surface area contributed by atoms with E-state index in [2.05, 4.69) is 4.72 Å². The summed E-state index contributed by atoms with van der Waals surface area (Å²) in [5.41, 5.74) is 1.74. The number of methoxy groups -OCH3 is 1. The topological polar surface area (TPSA) is 55.4 Å². The largest absolute Gasteiger partial charge is 0.468 e. The Bertz CT molecular complexity index is 480. The molecule has 0 spiro atoms. The van der Waals surface area contributed by atoms with Crippen LogP contribution in [-0.2, 0) is 20.5 Å². The lowest BCUT2D eigenvalue weighted by Gasteiger charge is -2.23. The van der Waals surface area contributed by atoms with E-state index in [1.807, 2.05) is 52.0 Å². The molecule has 1 N–H and O–H groups in total. The van der Waals surface area contributed by atoms with Gasteiger partial charge >= 0.3 is 5.97 Å². The Morgan fingerprint density at radius 3 is 2.37 bits per heavy atom. The minimum absolute atomic E-state index is 0.438. The molecule has 1 aromatic carbocycles. The second kappa shape index (κ2) is 6.30. The highest BCUT2D eigenvalue weighted by Gasteiger charge is 2.29. The van der Waals surface area contributed by atoms with Crippen LogP contribution in [0, 0.1) is 6.92 Å². The normalized spacial score (nSPS) is 14.8. The molecule has 0 saturated heterocycles. The maximum absolute atomic E-state index is 12.2. The first-order chi connectivity index (χ1) is 8.77. The van der Waals surface area contributed by atoms with Gasteiger partial charge in [0.15, 0.2) is 0 Å². The molecule has 2 atom stereocenters. The highest BCUT2D eigenvalue weighted by atomic mass is 32.2. The van der Waals surface area contributed by atoms with Crippen LogP contribution in [-0.4, -0.2) is 22.0 Å². The lowest BCUT2D eigenvalue weighted by molar-refractivity contribution is -0.142. The first-order valence-electron chi connectivity index (χ1n) is 6.08. The number of benzene rings is 1. The van der Waals surface area contributed by atoms with Crippen LogP contribution in [0.4, 0.5) is 0 Å². The molecular formula is C14H21NO3S. The molecule has 0 bridgehead atoms. The molecule has 5 heteroatoms. The van der Waals surface area contributed by atoms with E-state index in [9.17, 15) is 9.00 Å². The number of esters is 1. The number of nitrogens with one attached hydrogen (secondary N) is 1. The van der Waals surface area contributed by atoms with Crippen LogP contribution >= 0.6 is 0 Å². The number of ether oxygens (including phenoxy) is 1. The Balaban J connectivity index is 3.07. The maximum Gasteiger partial charge on any atom is 0.328 e. The molecule has 0 aliphatic carbocycles. The van der Waals surface area contributed by atoms with Crippen LogP contribution in [0.2, 0.25) is 0 Å². The van der Waals surface area contributed by atoms with Gasteiger partial charge in [-0.1, -0.05) is 24.3 Å². The number of hydrogen-bond donors (Lipinski definition) is 1. The van der Waals surface area contributed by atoms with Crippen molar-refractivity contribution in [1.82, 2.24) is 4.72 Å². The Hall–Kier alpha value is -1.20. The fourth-order valence-corrected chi connectivity index (χ4v) is 2.34. The van der Waals surface area contributed by atoms with Crippen LogP contribution in [0.25, 0.3) is 0 Å². The number of aryl methyl sites for hydroxylation is 1. The number of hydrogen-bond acceptors (Lipinski definition) is 3. The highest BCUT2D eigenvalue weighted by Crippen LogP contribution is 2.21. The zero-order valence-electron chi connectivity index (χ0n) is 12.0. The van der Waals surface area contributed by atoms with E-state index in [-0.39, 0.29) is 0 Å². The van der Waals surface area contributed by atoms with Gasteiger partial charge < -0.3 is 4.74 Å². The summed E-state index contributed by atoms with van der Waals surface area (Å²) < 4.78 is 19.4. The first kappa shape index (κ1) is 15.9. The summed E-state index contributed by atoms with van der Waals surface area (Å²) in [5, 5.41) is 0. The summed E-state index contributed by atoms with van der Waals surface area (Å²) in [6.45, 7) is 7.46. The predicted octanol–water partition coefficient (Wildman–Crippen LogP) is 2.26. The summed E-state index contributed by atoms with van der Waals surface area (Å²) in [6.07, 6.45) is 0. The minimum Gasteiger partial charge on any atom is -0.468 e. The monoisotopic (exact) mass is 283 g/mol. The molecule has 1 rings (SSSR count). The van der Waals surface area contributed by atoms with Crippen molar-refractivity contribution < 1.29 is 13.7 Å². The average molecular weight is 283 g/mol. The molecule has 0 saturated carbocycles. The first-order valence-corrected chi connectivity index (χ1v) is 7.23. The van der Waals surface area contributed by atoms with E-state index in [1.165, 1.54) is 7.11 Å². The Morgan fingerprint density at radius 2 is 1.89 bits per heavy atom. The van der Waals surface area contributed by atoms with Crippen molar-refractivity contribution in [2.45, 2.75) is 38.5 Å². The van der Waals surface area contributed by atoms with Gasteiger partial charge in [0, 0.05) is 0 Å². The molecule has 4 nitrogen and oxygen atoms in total. The van der Waals surface area contributed by atoms with Gasteiger partial charge in [0.2, 0.25) is 0 Å². The van der Waals surface area contributed by atoms with Crippen LogP contribution in [0.3, 0.4) is 0 Å². The molecule has 0 aliphatic heterocycles. The molecule has 0 aliphatic rings. The lowest BCUT2D eigenvalue weighted by atomic mass is 10.0. The van der Waals surface area contributed by atoms with E-state index in [0.29, 0.717) is 0 Å². The Kier molecular flexibility index (Phi) is 5.26. The minimum atomic E-state index is -1.35. The van der Waals surface area contributed by atoms with Crippen LogP contribution < -0.4 is 4.72 Å². The van der Waals surface area contributed by atoms with Crippen molar-refractivity contribution in [3.8, 4) is 0 Å². The summed E-state index contributed by atoms with van der Waals surface area (Å²) in [6, 6.07) is 6.77. The molecule has 0 radical (unpaired) electrons. The van der Waals surface area contributed by atoms with Crippen LogP contribution in [0.1, 0.15) is 37.9 Å². The zero-order valence-corrected chi connectivity index (χ0v) is 12.8. The molecule has 106 valence electrons. The van der Waals surface area contributed by atoms with Crippen molar-refractivity contribution in [2.24, 2.45) is 0 Å². The van der Waals surface area contributed by atoms with E-state index >= 15 is 0 Å². The smallest absolute Gasteiger partial charge is 0.328 e. The Morgan fingerprint density at radius 1 is 1.32 bits per heavy atom. The second-order valence-electron chi connectivity index (χ2n) is 5.31. The van der Waals surface area contributed by atoms with Gasteiger partial charge in [-0.15, -0.1) is 0 Å². The molecule has 0 amide bonds. The molecule has 1 aromatic rings. The molecule has 0 fully saturated rings. The number of carbonyl (C=O) groups excluding carboxylic acids is 1. The number of carbonyl (C=O) groups is 1. The molecule has 0 aromatic heterocycles. The Labute approximate surface area is 117 Å². The van der Waals surface area contributed by atoms with Gasteiger partial charge in [-0.3, -0.25) is 0 Å². The van der Waals surface area contributed by atoms with Gasteiger partial charge in [-0.25, -0.2) is 13.7 Å². The quantitative estimate of drug-likeness (QED) is 0.862. The maximum atomic E-state index is 12.2. The van der Waals surface area contributed by atoms with Crippen molar-refractivity contribution in [2.75, 3.05) is 7.11 Å². The van der Waals surface area contributed by atoms with E-state index in [0.717, 1.165) is 11.1 Å². The summed E-state index contributed by atoms with van der Waals surface area (Å²) in [4.78, 5) is 11.9. The summed E-state index contributed by atoms with van der Waals surface area (Å²) in [7, 11) is -0.0205.